The smallest absolute Gasteiger partial charge is 0.322 e. The van der Waals surface area contributed by atoms with Gasteiger partial charge in [0, 0.05) is 0 Å². The zero-order valence-electron chi connectivity index (χ0n) is 19.9. The second-order valence-electron chi connectivity index (χ2n) is 9.41. The van der Waals surface area contributed by atoms with Crippen LogP contribution in [0.3, 0.4) is 0 Å². The van der Waals surface area contributed by atoms with E-state index in [0.717, 1.165) is 29.0 Å². The van der Waals surface area contributed by atoms with Crippen LogP contribution in [-0.4, -0.2) is 44.0 Å². The molecule has 0 saturated heterocycles. The zero-order valence-corrected chi connectivity index (χ0v) is 20.8. The number of hydrogen-bond acceptors (Lipinski definition) is 6. The molecule has 0 amide bonds. The van der Waals surface area contributed by atoms with Crippen LogP contribution in [0.4, 0.5) is 0 Å². The number of nitrogens with one attached hydrogen (secondary N) is 1. The van der Waals surface area contributed by atoms with Gasteiger partial charge in [-0.15, -0.1) is 0 Å². The van der Waals surface area contributed by atoms with Crippen LogP contribution in [0.2, 0.25) is 0 Å². The second kappa shape index (κ2) is 10.6. The molecule has 2 N–H and O–H groups in total. The summed E-state index contributed by atoms with van der Waals surface area (Å²) >= 11 is 0. The highest BCUT2D eigenvalue weighted by atomic mass is 32.2. The van der Waals surface area contributed by atoms with Crippen LogP contribution in [0.15, 0.2) is 58.6 Å². The Labute approximate surface area is 201 Å². The molecule has 8 nitrogen and oxygen atoms in total. The molecule has 2 aromatic rings. The fraction of sp³-hybridized carbons (Fsp3) is 0.440. The van der Waals surface area contributed by atoms with Crippen LogP contribution in [0.5, 0.6) is 5.75 Å². The molecule has 34 heavy (non-hydrogen) atoms. The predicted molar refractivity (Wildman–Crippen MR) is 130 cm³/mol. The predicted octanol–water partition coefficient (Wildman–Crippen LogP) is 4.46. The number of carboxylic acids is 1. The molecule has 0 aliphatic heterocycles. The number of carbonyl (C=O) groups is 1. The molecule has 3 rings (SSSR count). The van der Waals surface area contributed by atoms with Crippen molar-refractivity contribution in [1.82, 2.24) is 4.72 Å². The van der Waals surface area contributed by atoms with E-state index in [4.69, 9.17) is 9.57 Å². The van der Waals surface area contributed by atoms with Gasteiger partial charge in [-0.25, -0.2) is 8.42 Å². The summed E-state index contributed by atoms with van der Waals surface area (Å²) in [6.07, 6.45) is 2.38. The highest BCUT2D eigenvalue weighted by Crippen LogP contribution is 2.28. The van der Waals surface area contributed by atoms with E-state index in [1.165, 1.54) is 12.1 Å². The van der Waals surface area contributed by atoms with Crippen LogP contribution < -0.4 is 9.46 Å². The van der Waals surface area contributed by atoms with Crippen LogP contribution in [-0.2, 0) is 19.7 Å². The number of nitrogens with zero attached hydrogens (tertiary/aromatic N) is 1. The highest BCUT2D eigenvalue weighted by molar-refractivity contribution is 7.89. The monoisotopic (exact) mass is 488 g/mol. The van der Waals surface area contributed by atoms with E-state index in [2.05, 4.69) is 9.88 Å². The third kappa shape index (κ3) is 6.80. The fourth-order valence-corrected chi connectivity index (χ4v) is 5.10. The van der Waals surface area contributed by atoms with E-state index >= 15 is 0 Å². The molecule has 1 aliphatic rings. The molecule has 1 aliphatic carbocycles. The largest absolute Gasteiger partial charge is 0.497 e. The third-order valence-electron chi connectivity index (χ3n) is 5.59. The first-order chi connectivity index (χ1) is 16.0. The van der Waals surface area contributed by atoms with Crippen LogP contribution in [0, 0.1) is 5.92 Å². The van der Waals surface area contributed by atoms with Gasteiger partial charge in [-0.3, -0.25) is 4.79 Å². The van der Waals surface area contributed by atoms with E-state index in [0.29, 0.717) is 19.3 Å². The first-order valence-electron chi connectivity index (χ1n) is 11.2. The summed E-state index contributed by atoms with van der Waals surface area (Å²) in [4.78, 5) is 17.5. The number of aliphatic carboxylic acids is 1. The molecule has 0 bridgehead atoms. The minimum atomic E-state index is -4.04. The fourth-order valence-electron chi connectivity index (χ4n) is 3.84. The van der Waals surface area contributed by atoms with Crippen LogP contribution >= 0.6 is 0 Å². The van der Waals surface area contributed by atoms with Gasteiger partial charge in [0.2, 0.25) is 10.0 Å². The topological polar surface area (TPSA) is 114 Å². The molecule has 0 aromatic heterocycles. The van der Waals surface area contributed by atoms with Gasteiger partial charge in [-0.05, 0) is 87.8 Å². The third-order valence-corrected chi connectivity index (χ3v) is 7.05. The maximum absolute atomic E-state index is 13.0. The number of carboxylic acid groups (broad SMARTS) is 1. The summed E-state index contributed by atoms with van der Waals surface area (Å²) in [5, 5.41) is 14.0. The number of hydrogen-bond donors (Lipinski definition) is 2. The second-order valence-corrected chi connectivity index (χ2v) is 11.1. The van der Waals surface area contributed by atoms with Crippen molar-refractivity contribution in [2.45, 2.75) is 63.0 Å². The summed E-state index contributed by atoms with van der Waals surface area (Å²) in [6, 6.07) is 12.5. The van der Waals surface area contributed by atoms with E-state index in [1.54, 1.807) is 19.2 Å². The minimum absolute atomic E-state index is 0.0109. The average molecular weight is 489 g/mol. The van der Waals surface area contributed by atoms with Crippen molar-refractivity contribution >= 4 is 21.7 Å². The normalized spacial score (nSPS) is 18.9. The standard InChI is InChI=1S/C25H32N2O6S/c1-25(2,3)33-26-20-7-5-6-19(16-20)23(24(28)29)27-34(30,31)22-14-10-18(11-15-22)17-8-12-21(32-4)13-9-17/h8-15,19,23,27H,5-7,16H2,1-4H3,(H,28,29)/b26-20-. The maximum atomic E-state index is 13.0. The lowest BCUT2D eigenvalue weighted by atomic mass is 9.83. The van der Waals surface area contributed by atoms with E-state index < -0.39 is 33.6 Å². The van der Waals surface area contributed by atoms with Gasteiger partial charge in [0.25, 0.3) is 0 Å². The van der Waals surface area contributed by atoms with Crippen molar-refractivity contribution < 1.29 is 27.9 Å². The minimum Gasteiger partial charge on any atom is -0.497 e. The summed E-state index contributed by atoms with van der Waals surface area (Å²) in [7, 11) is -2.45. The lowest BCUT2D eigenvalue weighted by Crippen LogP contribution is -2.47. The van der Waals surface area contributed by atoms with Crippen molar-refractivity contribution in [3.63, 3.8) is 0 Å². The molecule has 0 radical (unpaired) electrons. The average Bonchev–Trinajstić information content (AvgIpc) is 2.81. The van der Waals surface area contributed by atoms with Crippen molar-refractivity contribution in [2.24, 2.45) is 11.1 Å². The summed E-state index contributed by atoms with van der Waals surface area (Å²) in [5.41, 5.74) is 2.04. The number of methoxy groups -OCH3 is 1. The Morgan fingerprint density at radius 2 is 1.68 bits per heavy atom. The quantitative estimate of drug-likeness (QED) is 0.531. The molecule has 1 fully saturated rings. The summed E-state index contributed by atoms with van der Waals surface area (Å²) in [6.45, 7) is 5.64. The molecule has 2 aromatic carbocycles. The first kappa shape index (κ1) is 25.7. The number of oxime groups is 1. The van der Waals surface area contributed by atoms with Gasteiger partial charge in [0.15, 0.2) is 0 Å². The van der Waals surface area contributed by atoms with Crippen molar-refractivity contribution in [2.75, 3.05) is 7.11 Å². The number of ether oxygens (including phenoxy) is 1. The number of sulfonamides is 1. The Kier molecular flexibility index (Phi) is 7.99. The number of rotatable bonds is 8. The van der Waals surface area contributed by atoms with E-state index in [-0.39, 0.29) is 4.90 Å². The molecule has 184 valence electrons. The SMILES string of the molecule is COc1ccc(-c2ccc(S(=O)(=O)NC(C(=O)O)C3CCC/C(=N/OC(C)(C)C)C3)cc2)cc1. The van der Waals surface area contributed by atoms with Gasteiger partial charge >= 0.3 is 5.97 Å². The van der Waals surface area contributed by atoms with Crippen LogP contribution in [0.1, 0.15) is 46.5 Å². The van der Waals surface area contributed by atoms with Crippen molar-refractivity contribution in [3.05, 3.63) is 48.5 Å². The Balaban J connectivity index is 1.75. The Hall–Kier alpha value is -2.91. The van der Waals surface area contributed by atoms with Gasteiger partial charge in [0.05, 0.1) is 17.7 Å². The summed E-state index contributed by atoms with van der Waals surface area (Å²) < 4.78 is 33.6. The Morgan fingerprint density at radius 1 is 1.09 bits per heavy atom. The molecular weight excluding hydrogens is 456 g/mol. The van der Waals surface area contributed by atoms with E-state index in [9.17, 15) is 18.3 Å². The van der Waals surface area contributed by atoms with Gasteiger partial charge in [0.1, 0.15) is 17.4 Å². The molecule has 1 saturated carbocycles. The molecular formula is C25H32N2O6S. The first-order valence-corrected chi connectivity index (χ1v) is 12.7. The molecule has 2 unspecified atom stereocenters. The van der Waals surface area contributed by atoms with Gasteiger partial charge < -0.3 is 14.7 Å². The Bertz CT molecular complexity index is 1120. The van der Waals surface area contributed by atoms with E-state index in [1.807, 2.05) is 45.0 Å². The van der Waals surface area contributed by atoms with Crippen LogP contribution in [0.25, 0.3) is 11.1 Å². The number of benzene rings is 2. The zero-order chi connectivity index (χ0) is 24.9. The molecule has 0 spiro atoms. The van der Waals surface area contributed by atoms with Crippen molar-refractivity contribution in [3.8, 4) is 16.9 Å². The highest BCUT2D eigenvalue weighted by Gasteiger charge is 2.35. The summed E-state index contributed by atoms with van der Waals surface area (Å²) in [5.74, 6) is -0.893. The maximum Gasteiger partial charge on any atom is 0.322 e. The van der Waals surface area contributed by atoms with Gasteiger partial charge in [-0.1, -0.05) is 29.4 Å². The van der Waals surface area contributed by atoms with Gasteiger partial charge in [-0.2, -0.15) is 4.72 Å². The Morgan fingerprint density at radius 3 is 2.21 bits per heavy atom. The van der Waals surface area contributed by atoms with Crippen molar-refractivity contribution in [1.29, 1.82) is 0 Å². The lowest BCUT2D eigenvalue weighted by Gasteiger charge is -2.29. The lowest BCUT2D eigenvalue weighted by molar-refractivity contribution is -0.140. The molecule has 2 atom stereocenters. The molecule has 9 heteroatoms. The molecule has 0 heterocycles.